The molecule has 2 rings (SSSR count). The van der Waals surface area contributed by atoms with Crippen LogP contribution in [0.25, 0.3) is 0 Å². The van der Waals surface area contributed by atoms with Crippen LogP contribution in [0.5, 0.6) is 0 Å². The van der Waals surface area contributed by atoms with Gasteiger partial charge in [-0.3, -0.25) is 4.90 Å². The largest absolute Gasteiger partial charge is 0.319 e. The van der Waals surface area contributed by atoms with Crippen LogP contribution in [0.1, 0.15) is 30.9 Å². The van der Waals surface area contributed by atoms with Crippen LogP contribution >= 0.6 is 24.0 Å². The summed E-state index contributed by atoms with van der Waals surface area (Å²) in [5.41, 5.74) is 2.73. The summed E-state index contributed by atoms with van der Waals surface area (Å²) >= 11 is 6.37. The van der Waals surface area contributed by atoms with Crippen molar-refractivity contribution in [2.45, 2.75) is 32.7 Å². The average molecular weight is 317 g/mol. The summed E-state index contributed by atoms with van der Waals surface area (Å²) in [5.74, 6) is 0.846. The molecule has 0 unspecified atom stereocenters. The number of hydrogen-bond donors (Lipinski definition) is 1. The van der Waals surface area contributed by atoms with Crippen LogP contribution in [0.4, 0.5) is 0 Å². The fraction of sp³-hybridized carbons (Fsp3) is 0.625. The maximum Gasteiger partial charge on any atom is 0.0453 e. The molecule has 1 fully saturated rings. The maximum absolute atomic E-state index is 6.37. The second-order valence-corrected chi connectivity index (χ2v) is 5.92. The second kappa shape index (κ2) is 8.89. The molecule has 0 amide bonds. The number of rotatable bonds is 5. The molecule has 4 heteroatoms. The number of piperidine rings is 1. The van der Waals surface area contributed by atoms with E-state index in [1.165, 1.54) is 37.1 Å². The average Bonchev–Trinajstić information content (AvgIpc) is 2.43. The number of halogens is 2. The Balaban J connectivity index is 0.00000200. The third-order valence-corrected chi connectivity index (χ3v) is 4.53. The first kappa shape index (κ1) is 17.8. The summed E-state index contributed by atoms with van der Waals surface area (Å²) in [7, 11) is 2.05. The van der Waals surface area contributed by atoms with Gasteiger partial charge >= 0.3 is 0 Å². The molecule has 1 saturated heterocycles. The summed E-state index contributed by atoms with van der Waals surface area (Å²) in [6, 6.07) is 6.28. The molecule has 1 heterocycles. The van der Waals surface area contributed by atoms with Crippen LogP contribution in [0, 0.1) is 5.92 Å². The van der Waals surface area contributed by atoms with Gasteiger partial charge in [-0.1, -0.05) is 30.7 Å². The fourth-order valence-electron chi connectivity index (χ4n) is 2.97. The Kier molecular flexibility index (Phi) is 7.90. The summed E-state index contributed by atoms with van der Waals surface area (Å²) in [5, 5.41) is 4.22. The lowest BCUT2D eigenvalue weighted by molar-refractivity contribution is 0.176. The first-order valence-electron chi connectivity index (χ1n) is 7.37. The highest BCUT2D eigenvalue weighted by Gasteiger charge is 2.19. The molecule has 0 spiro atoms. The molecule has 20 heavy (non-hydrogen) atoms. The first-order valence-corrected chi connectivity index (χ1v) is 7.75. The number of hydrogen-bond acceptors (Lipinski definition) is 2. The van der Waals surface area contributed by atoms with Gasteiger partial charge in [-0.2, -0.15) is 0 Å². The van der Waals surface area contributed by atoms with Crippen LogP contribution in [-0.4, -0.2) is 31.6 Å². The zero-order valence-electron chi connectivity index (χ0n) is 12.5. The van der Waals surface area contributed by atoms with Crippen molar-refractivity contribution in [3.63, 3.8) is 0 Å². The van der Waals surface area contributed by atoms with E-state index in [0.717, 1.165) is 30.5 Å². The number of likely N-dealkylation sites (tertiary alicyclic amines) is 1. The molecule has 1 aromatic rings. The third-order valence-electron chi connectivity index (χ3n) is 4.18. The van der Waals surface area contributed by atoms with Gasteiger partial charge in [0.1, 0.15) is 0 Å². The lowest BCUT2D eigenvalue weighted by Crippen LogP contribution is -2.36. The van der Waals surface area contributed by atoms with Gasteiger partial charge in [0.05, 0.1) is 0 Å². The van der Waals surface area contributed by atoms with Gasteiger partial charge in [0.2, 0.25) is 0 Å². The van der Waals surface area contributed by atoms with E-state index in [2.05, 4.69) is 29.3 Å². The van der Waals surface area contributed by atoms with E-state index >= 15 is 0 Å². The van der Waals surface area contributed by atoms with Crippen molar-refractivity contribution in [1.29, 1.82) is 0 Å². The third kappa shape index (κ3) is 4.63. The van der Waals surface area contributed by atoms with E-state index in [4.69, 9.17) is 11.6 Å². The molecule has 1 aromatic carbocycles. The quantitative estimate of drug-likeness (QED) is 0.889. The van der Waals surface area contributed by atoms with Crippen molar-refractivity contribution in [2.75, 3.05) is 26.7 Å². The molecular formula is C16H26Cl2N2. The summed E-state index contributed by atoms with van der Waals surface area (Å²) in [4.78, 5) is 2.55. The van der Waals surface area contributed by atoms with Crippen molar-refractivity contribution < 1.29 is 0 Å². The van der Waals surface area contributed by atoms with Crippen molar-refractivity contribution in [3.8, 4) is 0 Å². The maximum atomic E-state index is 6.37. The predicted molar refractivity (Wildman–Crippen MR) is 90.0 cm³/mol. The van der Waals surface area contributed by atoms with E-state index in [1.54, 1.807) is 0 Å². The molecule has 114 valence electrons. The molecular weight excluding hydrogens is 291 g/mol. The topological polar surface area (TPSA) is 15.3 Å². The van der Waals surface area contributed by atoms with E-state index in [-0.39, 0.29) is 12.4 Å². The number of nitrogens with zero attached hydrogens (tertiary/aromatic N) is 1. The van der Waals surface area contributed by atoms with Gasteiger partial charge < -0.3 is 5.32 Å². The minimum absolute atomic E-state index is 0. The minimum atomic E-state index is 0. The van der Waals surface area contributed by atoms with Crippen molar-refractivity contribution in [1.82, 2.24) is 10.2 Å². The van der Waals surface area contributed by atoms with Gasteiger partial charge in [-0.15, -0.1) is 12.4 Å². The van der Waals surface area contributed by atoms with E-state index < -0.39 is 0 Å². The molecule has 1 N–H and O–H groups in total. The Hall–Kier alpha value is -0.280. The smallest absolute Gasteiger partial charge is 0.0453 e. The number of aryl methyl sites for hydroxylation is 1. The molecule has 1 aliphatic rings. The Morgan fingerprint density at radius 3 is 2.60 bits per heavy atom. The molecule has 2 nitrogen and oxygen atoms in total. The molecule has 0 aromatic heterocycles. The van der Waals surface area contributed by atoms with Crippen molar-refractivity contribution >= 4 is 24.0 Å². The Bertz CT molecular complexity index is 401. The zero-order chi connectivity index (χ0) is 13.7. The van der Waals surface area contributed by atoms with E-state index in [1.807, 2.05) is 13.1 Å². The fourth-order valence-corrected chi connectivity index (χ4v) is 3.23. The minimum Gasteiger partial charge on any atom is -0.319 e. The SMILES string of the molecule is CCc1cccc(Cl)c1CN1CCC(CNC)CC1.Cl. The Labute approximate surface area is 134 Å². The van der Waals surface area contributed by atoms with Crippen LogP contribution in [0.15, 0.2) is 18.2 Å². The zero-order valence-corrected chi connectivity index (χ0v) is 14.1. The normalized spacial score (nSPS) is 16.9. The van der Waals surface area contributed by atoms with Gasteiger partial charge in [0, 0.05) is 11.6 Å². The Morgan fingerprint density at radius 1 is 1.30 bits per heavy atom. The van der Waals surface area contributed by atoms with E-state index in [0.29, 0.717) is 0 Å². The van der Waals surface area contributed by atoms with Gasteiger partial charge in [-0.05, 0) is 69.1 Å². The van der Waals surface area contributed by atoms with Gasteiger partial charge in [-0.25, -0.2) is 0 Å². The monoisotopic (exact) mass is 316 g/mol. The van der Waals surface area contributed by atoms with Crippen LogP contribution < -0.4 is 5.32 Å². The second-order valence-electron chi connectivity index (χ2n) is 5.51. The number of benzene rings is 1. The van der Waals surface area contributed by atoms with Crippen molar-refractivity contribution in [3.05, 3.63) is 34.3 Å². The van der Waals surface area contributed by atoms with E-state index in [9.17, 15) is 0 Å². The summed E-state index contributed by atoms with van der Waals surface area (Å²) in [6.07, 6.45) is 3.66. The lowest BCUT2D eigenvalue weighted by atomic mass is 9.96. The summed E-state index contributed by atoms with van der Waals surface area (Å²) in [6.45, 7) is 6.75. The Morgan fingerprint density at radius 2 is 2.00 bits per heavy atom. The van der Waals surface area contributed by atoms with Crippen LogP contribution in [0.2, 0.25) is 5.02 Å². The lowest BCUT2D eigenvalue weighted by Gasteiger charge is -2.32. The van der Waals surface area contributed by atoms with Crippen LogP contribution in [0.3, 0.4) is 0 Å². The summed E-state index contributed by atoms with van der Waals surface area (Å²) < 4.78 is 0. The highest BCUT2D eigenvalue weighted by atomic mass is 35.5. The highest BCUT2D eigenvalue weighted by Crippen LogP contribution is 2.25. The van der Waals surface area contributed by atoms with Gasteiger partial charge in [0.15, 0.2) is 0 Å². The standard InChI is InChI=1S/C16H25ClN2.ClH/c1-3-14-5-4-6-16(17)15(14)12-19-9-7-13(8-10-19)11-18-2;/h4-6,13,18H,3,7-12H2,1-2H3;1H. The predicted octanol–water partition coefficient (Wildman–Crippen LogP) is 3.76. The number of nitrogens with one attached hydrogen (secondary N) is 1. The molecule has 0 radical (unpaired) electrons. The van der Waals surface area contributed by atoms with Crippen LogP contribution in [-0.2, 0) is 13.0 Å². The molecule has 0 saturated carbocycles. The van der Waals surface area contributed by atoms with Crippen molar-refractivity contribution in [2.24, 2.45) is 5.92 Å². The molecule has 1 aliphatic heterocycles. The highest BCUT2D eigenvalue weighted by molar-refractivity contribution is 6.31. The molecule has 0 bridgehead atoms. The molecule has 0 atom stereocenters. The first-order chi connectivity index (χ1) is 9.24. The molecule has 0 aliphatic carbocycles. The van der Waals surface area contributed by atoms with Gasteiger partial charge in [0.25, 0.3) is 0 Å².